The molecule has 0 N–H and O–H groups in total. The topological polar surface area (TPSA) is 26.3 Å². The van der Waals surface area contributed by atoms with E-state index in [2.05, 4.69) is 15.9 Å². The van der Waals surface area contributed by atoms with Crippen LogP contribution in [0.15, 0.2) is 28.7 Å². The van der Waals surface area contributed by atoms with Gasteiger partial charge < -0.3 is 4.74 Å². The van der Waals surface area contributed by atoms with Crippen LogP contribution in [-0.4, -0.2) is 12.6 Å². The molecule has 82 valence electrons. The van der Waals surface area contributed by atoms with Gasteiger partial charge in [0.2, 0.25) is 0 Å². The highest BCUT2D eigenvalue weighted by atomic mass is 79.9. The molecule has 0 spiro atoms. The van der Waals surface area contributed by atoms with E-state index in [9.17, 15) is 4.79 Å². The van der Waals surface area contributed by atoms with Crippen LogP contribution in [0.3, 0.4) is 0 Å². The lowest BCUT2D eigenvalue weighted by Gasteiger charge is -2.09. The number of carbonyl (C=O) groups is 1. The van der Waals surface area contributed by atoms with Crippen molar-refractivity contribution in [3.8, 4) is 0 Å². The van der Waals surface area contributed by atoms with Crippen LogP contribution < -0.4 is 0 Å². The first-order valence-electron chi connectivity index (χ1n) is 4.62. The molecule has 0 aliphatic heterocycles. The van der Waals surface area contributed by atoms with E-state index in [1.165, 1.54) is 6.92 Å². The summed E-state index contributed by atoms with van der Waals surface area (Å²) in [5, 5.41) is -0.123. The van der Waals surface area contributed by atoms with E-state index in [1.54, 1.807) is 0 Å². The normalized spacial score (nSPS) is 12.2. The summed E-state index contributed by atoms with van der Waals surface area (Å²) < 4.78 is 5.83. The molecule has 0 fully saturated rings. The molecule has 0 heterocycles. The molecule has 0 saturated heterocycles. The van der Waals surface area contributed by atoms with Crippen LogP contribution in [0.1, 0.15) is 24.3 Å². The Labute approximate surface area is 103 Å². The van der Waals surface area contributed by atoms with E-state index in [0.717, 1.165) is 10.0 Å². The zero-order valence-electron chi connectivity index (χ0n) is 8.37. The number of rotatable bonds is 4. The zero-order chi connectivity index (χ0) is 11.3. The predicted molar refractivity (Wildman–Crippen MR) is 64.0 cm³/mol. The highest BCUT2D eigenvalue weighted by Crippen LogP contribution is 2.26. The van der Waals surface area contributed by atoms with Gasteiger partial charge in [-0.2, -0.15) is 0 Å². The summed E-state index contributed by atoms with van der Waals surface area (Å²) in [7, 11) is 0. The summed E-state index contributed by atoms with van der Waals surface area (Å²) in [4.78, 5) is 10.5. The van der Waals surface area contributed by atoms with Gasteiger partial charge in [-0.25, -0.2) is 0 Å². The number of carbonyl (C=O) groups excluding carboxylic acids is 1. The SMILES string of the molecule is CC(=O)OCCC(Cl)c1cccc(Br)c1. The van der Waals surface area contributed by atoms with Crippen LogP contribution in [0.25, 0.3) is 0 Å². The summed E-state index contributed by atoms with van der Waals surface area (Å²) in [5.74, 6) is -0.270. The van der Waals surface area contributed by atoms with E-state index in [-0.39, 0.29) is 11.3 Å². The third kappa shape index (κ3) is 4.67. The van der Waals surface area contributed by atoms with Crippen molar-refractivity contribution in [1.29, 1.82) is 0 Å². The standard InChI is InChI=1S/C11H12BrClO2/c1-8(14)15-6-5-11(13)9-3-2-4-10(12)7-9/h2-4,7,11H,5-6H2,1H3. The molecule has 1 unspecified atom stereocenters. The Bertz CT molecular complexity index is 341. The van der Waals surface area contributed by atoms with Crippen molar-refractivity contribution < 1.29 is 9.53 Å². The summed E-state index contributed by atoms with van der Waals surface area (Å²) >= 11 is 9.53. The van der Waals surface area contributed by atoms with Gasteiger partial charge in [0.05, 0.1) is 12.0 Å². The first kappa shape index (κ1) is 12.5. The van der Waals surface area contributed by atoms with Gasteiger partial charge in [-0.15, -0.1) is 11.6 Å². The molecule has 1 atom stereocenters. The zero-order valence-corrected chi connectivity index (χ0v) is 10.7. The maximum absolute atomic E-state index is 10.5. The van der Waals surface area contributed by atoms with Gasteiger partial charge in [0.1, 0.15) is 0 Å². The second-order valence-corrected chi connectivity index (χ2v) is 4.59. The highest BCUT2D eigenvalue weighted by molar-refractivity contribution is 9.10. The second kappa shape index (κ2) is 6.13. The summed E-state index contributed by atoms with van der Waals surface area (Å²) in [6, 6.07) is 7.79. The lowest BCUT2D eigenvalue weighted by Crippen LogP contribution is -2.03. The molecule has 1 aromatic carbocycles. The van der Waals surface area contributed by atoms with E-state index < -0.39 is 0 Å². The first-order valence-corrected chi connectivity index (χ1v) is 5.85. The van der Waals surface area contributed by atoms with Crippen molar-refractivity contribution in [2.45, 2.75) is 18.7 Å². The Morgan fingerprint density at radius 2 is 2.33 bits per heavy atom. The molecule has 2 nitrogen and oxygen atoms in total. The van der Waals surface area contributed by atoms with Gasteiger partial charge in [-0.3, -0.25) is 4.79 Å². The molecule has 0 aromatic heterocycles. The molecular formula is C11H12BrClO2. The molecule has 0 saturated carbocycles. The molecule has 0 aliphatic carbocycles. The van der Waals surface area contributed by atoms with Crippen molar-refractivity contribution in [3.63, 3.8) is 0 Å². The number of hydrogen-bond acceptors (Lipinski definition) is 2. The Morgan fingerprint density at radius 3 is 2.93 bits per heavy atom. The molecule has 0 amide bonds. The quantitative estimate of drug-likeness (QED) is 0.625. The number of halogens is 2. The average molecular weight is 292 g/mol. The second-order valence-electron chi connectivity index (χ2n) is 3.15. The van der Waals surface area contributed by atoms with Crippen molar-refractivity contribution in [1.82, 2.24) is 0 Å². The van der Waals surface area contributed by atoms with Crippen molar-refractivity contribution in [3.05, 3.63) is 34.3 Å². The lowest BCUT2D eigenvalue weighted by atomic mass is 10.1. The fourth-order valence-corrected chi connectivity index (χ4v) is 1.82. The van der Waals surface area contributed by atoms with Gasteiger partial charge in [0.25, 0.3) is 0 Å². The Kier molecular flexibility index (Phi) is 5.12. The number of esters is 1. The van der Waals surface area contributed by atoms with E-state index in [0.29, 0.717) is 13.0 Å². The van der Waals surface area contributed by atoms with Crippen molar-refractivity contribution >= 4 is 33.5 Å². The molecule has 0 radical (unpaired) electrons. The Balaban J connectivity index is 2.46. The van der Waals surface area contributed by atoms with Crippen LogP contribution in [0.5, 0.6) is 0 Å². The van der Waals surface area contributed by atoms with Gasteiger partial charge in [-0.05, 0) is 17.7 Å². The molecule has 1 rings (SSSR count). The highest BCUT2D eigenvalue weighted by Gasteiger charge is 2.08. The molecule has 0 bridgehead atoms. The van der Waals surface area contributed by atoms with E-state index >= 15 is 0 Å². The summed E-state index contributed by atoms with van der Waals surface area (Å²) in [5.41, 5.74) is 1.03. The smallest absolute Gasteiger partial charge is 0.302 e. The van der Waals surface area contributed by atoms with Crippen LogP contribution >= 0.6 is 27.5 Å². The van der Waals surface area contributed by atoms with Crippen molar-refractivity contribution in [2.24, 2.45) is 0 Å². The largest absolute Gasteiger partial charge is 0.466 e. The fraction of sp³-hybridized carbons (Fsp3) is 0.364. The average Bonchev–Trinajstić information content (AvgIpc) is 2.17. The first-order chi connectivity index (χ1) is 7.09. The van der Waals surface area contributed by atoms with Gasteiger partial charge in [-0.1, -0.05) is 28.1 Å². The van der Waals surface area contributed by atoms with Crippen LogP contribution in [-0.2, 0) is 9.53 Å². The number of benzene rings is 1. The monoisotopic (exact) mass is 290 g/mol. The predicted octanol–water partition coefficient (Wildman–Crippen LogP) is 3.68. The molecule has 1 aromatic rings. The van der Waals surface area contributed by atoms with E-state index in [1.807, 2.05) is 24.3 Å². The number of ether oxygens (including phenoxy) is 1. The summed E-state index contributed by atoms with van der Waals surface area (Å²) in [6.45, 7) is 1.75. The van der Waals surface area contributed by atoms with Gasteiger partial charge in [0, 0.05) is 17.8 Å². The number of alkyl halides is 1. The third-order valence-electron chi connectivity index (χ3n) is 1.89. The van der Waals surface area contributed by atoms with Crippen molar-refractivity contribution in [2.75, 3.05) is 6.61 Å². The van der Waals surface area contributed by atoms with Crippen LogP contribution in [0, 0.1) is 0 Å². The minimum absolute atomic E-state index is 0.123. The number of hydrogen-bond donors (Lipinski definition) is 0. The van der Waals surface area contributed by atoms with Crippen LogP contribution in [0.4, 0.5) is 0 Å². The Hall–Kier alpha value is -0.540. The minimum Gasteiger partial charge on any atom is -0.466 e. The van der Waals surface area contributed by atoms with Gasteiger partial charge in [0.15, 0.2) is 0 Å². The fourth-order valence-electron chi connectivity index (χ4n) is 1.17. The molecule has 4 heteroatoms. The van der Waals surface area contributed by atoms with Gasteiger partial charge >= 0.3 is 5.97 Å². The maximum Gasteiger partial charge on any atom is 0.302 e. The lowest BCUT2D eigenvalue weighted by molar-refractivity contribution is -0.141. The maximum atomic E-state index is 10.5. The summed E-state index contributed by atoms with van der Waals surface area (Å²) in [6.07, 6.45) is 0.623. The van der Waals surface area contributed by atoms with E-state index in [4.69, 9.17) is 16.3 Å². The third-order valence-corrected chi connectivity index (χ3v) is 2.85. The Morgan fingerprint density at radius 1 is 1.60 bits per heavy atom. The minimum atomic E-state index is -0.270. The molecule has 0 aliphatic rings. The molecule has 15 heavy (non-hydrogen) atoms. The molecular weight excluding hydrogens is 279 g/mol. The van der Waals surface area contributed by atoms with Crippen LogP contribution in [0.2, 0.25) is 0 Å².